The number of rotatable bonds is 7. The molecule has 0 bridgehead atoms. The van der Waals surface area contributed by atoms with Crippen LogP contribution in [0.4, 0.5) is 4.79 Å². The molecule has 3 aliphatic heterocycles. The van der Waals surface area contributed by atoms with Crippen molar-refractivity contribution >= 4 is 47.4 Å². The molecule has 4 rings (SSSR count). The lowest BCUT2D eigenvalue weighted by Crippen LogP contribution is -2.71. The second kappa shape index (κ2) is 10.0. The molecule has 6 amide bonds. The second-order valence-corrected chi connectivity index (χ2v) is 10.9. The normalized spacial score (nSPS) is 27.9. The van der Waals surface area contributed by atoms with Gasteiger partial charge in [0, 0.05) is 24.4 Å². The molecule has 12 nitrogen and oxygen atoms in total. The van der Waals surface area contributed by atoms with E-state index in [1.165, 1.54) is 21.6 Å². The lowest BCUT2D eigenvalue weighted by Gasteiger charge is -2.44. The number of aliphatic carboxylic acids is 1. The zero-order valence-corrected chi connectivity index (χ0v) is 21.5. The highest BCUT2D eigenvalue weighted by Crippen LogP contribution is 2.52. The molecule has 3 N–H and O–H groups in total. The van der Waals surface area contributed by atoms with Gasteiger partial charge < -0.3 is 25.5 Å². The van der Waals surface area contributed by atoms with Crippen molar-refractivity contribution in [2.45, 2.75) is 55.4 Å². The number of carbonyl (C=O) groups excluding carboxylic acids is 5. The molecule has 1 aromatic carbocycles. The minimum absolute atomic E-state index is 0.0195. The van der Waals surface area contributed by atoms with E-state index in [1.807, 2.05) is 6.92 Å². The van der Waals surface area contributed by atoms with Crippen LogP contribution in [0.2, 0.25) is 0 Å². The Hall–Kier alpha value is -3.61. The van der Waals surface area contributed by atoms with E-state index < -0.39 is 63.9 Å². The van der Waals surface area contributed by atoms with E-state index in [-0.39, 0.29) is 13.1 Å². The SMILES string of the molecule is CCN1CCN(C(=O)N[C@@H](C(=O)N[C@@H]2C(=O)N3[C@@H]2SC(C)(CC)[C@@H]3C(=O)O)c2ccccc2)C(=O)C1=O. The fraction of sp³-hybridized carbons (Fsp3) is 0.500. The molecule has 1 unspecified atom stereocenters. The predicted molar refractivity (Wildman–Crippen MR) is 132 cm³/mol. The van der Waals surface area contributed by atoms with Crippen LogP contribution in [0.15, 0.2) is 30.3 Å². The average molecular weight is 532 g/mol. The molecule has 13 heteroatoms. The van der Waals surface area contributed by atoms with Gasteiger partial charge in [-0.3, -0.25) is 24.1 Å². The first kappa shape index (κ1) is 26.5. The Kier molecular flexibility index (Phi) is 7.18. The predicted octanol–water partition coefficient (Wildman–Crippen LogP) is 0.150. The smallest absolute Gasteiger partial charge is 0.327 e. The van der Waals surface area contributed by atoms with Crippen LogP contribution in [-0.2, 0) is 24.0 Å². The first-order valence-electron chi connectivity index (χ1n) is 12.0. The number of nitrogens with zero attached hydrogens (tertiary/aromatic N) is 3. The quantitative estimate of drug-likeness (QED) is 0.332. The van der Waals surface area contributed by atoms with E-state index in [0.29, 0.717) is 18.5 Å². The summed E-state index contributed by atoms with van der Waals surface area (Å²) >= 11 is 1.33. The summed E-state index contributed by atoms with van der Waals surface area (Å²) in [6.07, 6.45) is 0.510. The zero-order valence-electron chi connectivity index (χ0n) is 20.7. The summed E-state index contributed by atoms with van der Waals surface area (Å²) in [6, 6.07) is 4.15. The number of amides is 6. The largest absolute Gasteiger partial charge is 0.480 e. The van der Waals surface area contributed by atoms with Crippen LogP contribution in [0, 0.1) is 0 Å². The molecule has 3 fully saturated rings. The van der Waals surface area contributed by atoms with Crippen LogP contribution >= 0.6 is 11.8 Å². The molecule has 3 aliphatic rings. The minimum Gasteiger partial charge on any atom is -0.480 e. The Morgan fingerprint density at radius 3 is 2.38 bits per heavy atom. The highest BCUT2D eigenvalue weighted by atomic mass is 32.2. The molecule has 0 spiro atoms. The van der Waals surface area contributed by atoms with E-state index in [2.05, 4.69) is 10.6 Å². The van der Waals surface area contributed by atoms with E-state index >= 15 is 0 Å². The molecule has 1 aromatic rings. The van der Waals surface area contributed by atoms with Gasteiger partial charge in [0.15, 0.2) is 0 Å². The lowest BCUT2D eigenvalue weighted by molar-refractivity contribution is -0.161. The third kappa shape index (κ3) is 4.52. The number of piperazine rings is 1. The van der Waals surface area contributed by atoms with Crippen LogP contribution in [0.25, 0.3) is 0 Å². The molecular formula is C24H29N5O7S. The molecule has 198 valence electrons. The summed E-state index contributed by atoms with van der Waals surface area (Å²) in [5.41, 5.74) is 0.406. The Bertz CT molecular complexity index is 1150. The number of hydrogen-bond acceptors (Lipinski definition) is 7. The lowest BCUT2D eigenvalue weighted by atomic mass is 9.92. The Morgan fingerprint density at radius 1 is 1.11 bits per heavy atom. The number of carboxylic acid groups (broad SMARTS) is 1. The number of benzene rings is 1. The van der Waals surface area contributed by atoms with Crippen molar-refractivity contribution in [2.75, 3.05) is 19.6 Å². The van der Waals surface area contributed by atoms with Crippen LogP contribution < -0.4 is 10.6 Å². The number of thioether (sulfide) groups is 1. The average Bonchev–Trinajstić information content (AvgIpc) is 3.18. The van der Waals surface area contributed by atoms with Gasteiger partial charge in [0.05, 0.1) is 0 Å². The first-order valence-corrected chi connectivity index (χ1v) is 12.9. The van der Waals surface area contributed by atoms with Crippen molar-refractivity contribution in [1.82, 2.24) is 25.3 Å². The molecule has 0 saturated carbocycles. The summed E-state index contributed by atoms with van der Waals surface area (Å²) < 4.78 is -0.716. The van der Waals surface area contributed by atoms with Crippen LogP contribution in [0.5, 0.6) is 0 Å². The van der Waals surface area contributed by atoms with Gasteiger partial charge in [-0.25, -0.2) is 9.59 Å². The van der Waals surface area contributed by atoms with Gasteiger partial charge in [0.2, 0.25) is 11.8 Å². The van der Waals surface area contributed by atoms with E-state index in [4.69, 9.17) is 0 Å². The third-order valence-electron chi connectivity index (χ3n) is 7.16. The Balaban J connectivity index is 1.52. The maximum Gasteiger partial charge on any atom is 0.327 e. The number of nitrogens with one attached hydrogen (secondary N) is 2. The van der Waals surface area contributed by atoms with Crippen molar-refractivity contribution in [3.63, 3.8) is 0 Å². The van der Waals surface area contributed by atoms with Crippen molar-refractivity contribution in [3.8, 4) is 0 Å². The van der Waals surface area contributed by atoms with Gasteiger partial charge in [0.25, 0.3) is 0 Å². The van der Waals surface area contributed by atoms with Gasteiger partial charge in [0.1, 0.15) is 23.5 Å². The van der Waals surface area contributed by atoms with Gasteiger partial charge in [-0.1, -0.05) is 37.3 Å². The van der Waals surface area contributed by atoms with Crippen molar-refractivity contribution in [2.24, 2.45) is 0 Å². The molecule has 5 atom stereocenters. The standard InChI is InChI=1S/C24H29N5O7S/c1-4-24(3)16(22(34)35)29-18(31)15(21(29)37-24)25-17(30)14(13-9-7-6-8-10-13)26-23(36)28-12-11-27(5-2)19(32)20(28)33/h6-10,14-16,21H,4-5,11-12H2,1-3H3,(H,25,30)(H,26,36)(H,34,35)/t14-,15-,16+,21-,24?/m1/s1. The number of fused-ring (bicyclic) bond motifs is 1. The molecule has 3 heterocycles. The molecule has 37 heavy (non-hydrogen) atoms. The number of urea groups is 1. The van der Waals surface area contributed by atoms with Crippen LogP contribution in [-0.4, -0.2) is 97.3 Å². The minimum atomic E-state index is -1.26. The number of imide groups is 1. The molecule has 0 aromatic heterocycles. The topological polar surface area (TPSA) is 156 Å². The number of likely N-dealkylation sites (N-methyl/N-ethyl adjacent to an activating group) is 1. The zero-order chi connectivity index (χ0) is 27.1. The molecular weight excluding hydrogens is 502 g/mol. The summed E-state index contributed by atoms with van der Waals surface area (Å²) in [5, 5.41) is 14.4. The van der Waals surface area contributed by atoms with E-state index in [1.54, 1.807) is 44.2 Å². The fourth-order valence-corrected chi connectivity index (χ4v) is 6.58. The summed E-state index contributed by atoms with van der Waals surface area (Å²) in [4.78, 5) is 79.3. The Labute approximate surface area is 217 Å². The van der Waals surface area contributed by atoms with Crippen LogP contribution in [0.1, 0.15) is 38.8 Å². The highest BCUT2D eigenvalue weighted by Gasteiger charge is 2.65. The van der Waals surface area contributed by atoms with E-state index in [0.717, 1.165) is 4.90 Å². The van der Waals surface area contributed by atoms with Crippen molar-refractivity contribution < 1.29 is 33.9 Å². The maximum atomic E-state index is 13.4. The number of β-lactam (4-membered cyclic amide) rings is 1. The summed E-state index contributed by atoms with van der Waals surface area (Å²) in [6.45, 7) is 5.85. The van der Waals surface area contributed by atoms with Crippen LogP contribution in [0.3, 0.4) is 0 Å². The van der Waals surface area contributed by atoms with Crippen molar-refractivity contribution in [1.29, 1.82) is 0 Å². The highest BCUT2D eigenvalue weighted by molar-refractivity contribution is 8.01. The molecule has 3 saturated heterocycles. The van der Waals surface area contributed by atoms with Gasteiger partial charge >= 0.3 is 23.8 Å². The molecule has 0 aliphatic carbocycles. The summed E-state index contributed by atoms with van der Waals surface area (Å²) in [7, 11) is 0. The van der Waals surface area contributed by atoms with Gasteiger partial charge in [-0.2, -0.15) is 0 Å². The van der Waals surface area contributed by atoms with Crippen molar-refractivity contribution in [3.05, 3.63) is 35.9 Å². The fourth-order valence-electron chi connectivity index (χ4n) is 4.86. The monoisotopic (exact) mass is 531 g/mol. The van der Waals surface area contributed by atoms with Gasteiger partial charge in [-0.15, -0.1) is 11.8 Å². The maximum absolute atomic E-state index is 13.4. The third-order valence-corrected chi connectivity index (χ3v) is 8.95. The van der Waals surface area contributed by atoms with E-state index in [9.17, 15) is 33.9 Å². The molecule has 0 radical (unpaired) electrons. The number of hydrogen-bond donors (Lipinski definition) is 3. The Morgan fingerprint density at radius 2 is 1.78 bits per heavy atom. The summed E-state index contributed by atoms with van der Waals surface area (Å²) in [5.74, 6) is -4.08. The van der Waals surface area contributed by atoms with Gasteiger partial charge in [-0.05, 0) is 25.8 Å². The number of carbonyl (C=O) groups is 6. The first-order chi connectivity index (χ1) is 17.5. The number of carboxylic acids is 1. The second-order valence-electron chi connectivity index (χ2n) is 9.28.